The van der Waals surface area contributed by atoms with Crippen molar-refractivity contribution in [2.75, 3.05) is 12.0 Å². The van der Waals surface area contributed by atoms with Gasteiger partial charge in [-0.25, -0.2) is 14.1 Å². The van der Waals surface area contributed by atoms with Crippen LogP contribution in [0.1, 0.15) is 11.1 Å². The smallest absolute Gasteiger partial charge is 0.335 e. The number of nitrogens with zero attached hydrogens (tertiary/aromatic N) is 1. The molecule has 1 saturated heterocycles. The molecule has 3 aromatic rings. The Hall–Kier alpha value is -4.18. The van der Waals surface area contributed by atoms with Crippen LogP contribution in [0.4, 0.5) is 14.9 Å². The number of imide groups is 2. The normalized spacial score (nSPS) is 14.8. The minimum Gasteiger partial charge on any atom is -0.508 e. The van der Waals surface area contributed by atoms with E-state index in [0.29, 0.717) is 21.3 Å². The lowest BCUT2D eigenvalue weighted by molar-refractivity contribution is -0.122. The lowest BCUT2D eigenvalue weighted by Gasteiger charge is -2.26. The number of phenolic OH excluding ortho intramolecular Hbond substituents is 1. The van der Waals surface area contributed by atoms with E-state index in [-0.39, 0.29) is 29.4 Å². The third kappa shape index (κ3) is 5.02. The van der Waals surface area contributed by atoms with Gasteiger partial charge in [0.2, 0.25) is 0 Å². The number of benzene rings is 3. The molecule has 0 spiro atoms. The number of anilines is 1. The number of barbiturate groups is 1. The summed E-state index contributed by atoms with van der Waals surface area (Å²) in [5, 5.41) is 11.6. The predicted molar refractivity (Wildman–Crippen MR) is 129 cm³/mol. The monoisotopic (exact) mass is 540 g/mol. The first-order valence-corrected chi connectivity index (χ1v) is 11.0. The first-order chi connectivity index (χ1) is 16.8. The molecule has 2 N–H and O–H groups in total. The van der Waals surface area contributed by atoms with Gasteiger partial charge in [-0.1, -0.05) is 18.2 Å². The summed E-state index contributed by atoms with van der Waals surface area (Å²) in [5.74, 6) is -1.56. The highest BCUT2D eigenvalue weighted by atomic mass is 79.9. The van der Waals surface area contributed by atoms with Gasteiger partial charge in [-0.3, -0.25) is 14.9 Å². The fourth-order valence-electron chi connectivity index (χ4n) is 3.39. The summed E-state index contributed by atoms with van der Waals surface area (Å²) in [6, 6.07) is 13.8. The standard InChI is InChI=1S/C25H18BrFN2O6/c1-34-21-12-14(11-19(26)22(21)35-13-15-4-2-3-5-20(15)27)10-18-23(31)28-25(33)29(24(18)32)16-6-8-17(30)9-7-16/h2-12,30H,13H2,1H3,(H,28,31,33)/b18-10+. The Kier molecular flexibility index (Phi) is 6.83. The number of amides is 4. The van der Waals surface area contributed by atoms with Crippen LogP contribution < -0.4 is 19.7 Å². The van der Waals surface area contributed by atoms with Crippen LogP contribution in [0.5, 0.6) is 17.2 Å². The summed E-state index contributed by atoms with van der Waals surface area (Å²) in [6.07, 6.45) is 1.31. The first-order valence-electron chi connectivity index (χ1n) is 10.2. The van der Waals surface area contributed by atoms with Crippen molar-refractivity contribution in [2.24, 2.45) is 0 Å². The molecule has 4 amide bonds. The molecule has 0 aliphatic carbocycles. The number of hydrogen-bond donors (Lipinski definition) is 2. The number of carbonyl (C=O) groups is 3. The Labute approximate surface area is 207 Å². The molecule has 0 atom stereocenters. The van der Waals surface area contributed by atoms with Gasteiger partial charge < -0.3 is 14.6 Å². The van der Waals surface area contributed by atoms with Crippen molar-refractivity contribution < 1.29 is 33.4 Å². The van der Waals surface area contributed by atoms with Gasteiger partial charge in [-0.2, -0.15) is 0 Å². The van der Waals surface area contributed by atoms with E-state index < -0.39 is 23.7 Å². The molecule has 178 valence electrons. The number of carbonyl (C=O) groups excluding carboxylic acids is 3. The minimum atomic E-state index is -0.904. The molecule has 3 aromatic carbocycles. The van der Waals surface area contributed by atoms with Gasteiger partial charge in [0.05, 0.1) is 17.3 Å². The Morgan fingerprint density at radius 1 is 1.09 bits per heavy atom. The van der Waals surface area contributed by atoms with Gasteiger partial charge in [0.1, 0.15) is 23.7 Å². The van der Waals surface area contributed by atoms with Crippen molar-refractivity contribution in [2.45, 2.75) is 6.61 Å². The molecule has 0 aromatic heterocycles. The zero-order chi connectivity index (χ0) is 25.1. The summed E-state index contributed by atoms with van der Waals surface area (Å²) >= 11 is 3.39. The summed E-state index contributed by atoms with van der Waals surface area (Å²) in [5.41, 5.74) is 0.660. The number of methoxy groups -OCH3 is 1. The fraction of sp³-hybridized carbons (Fsp3) is 0.0800. The first kappa shape index (κ1) is 24.0. The summed E-state index contributed by atoms with van der Waals surface area (Å²) in [7, 11) is 1.42. The maximum absolute atomic E-state index is 13.9. The van der Waals surface area contributed by atoms with E-state index >= 15 is 0 Å². The van der Waals surface area contributed by atoms with Crippen LogP contribution in [0.2, 0.25) is 0 Å². The second-order valence-electron chi connectivity index (χ2n) is 7.39. The molecule has 1 fully saturated rings. The number of rotatable bonds is 6. The van der Waals surface area contributed by atoms with Crippen molar-refractivity contribution >= 4 is 45.5 Å². The molecule has 35 heavy (non-hydrogen) atoms. The Balaban J connectivity index is 1.64. The van der Waals surface area contributed by atoms with E-state index in [9.17, 15) is 23.9 Å². The molecule has 0 saturated carbocycles. The van der Waals surface area contributed by atoms with Gasteiger partial charge in [0, 0.05) is 5.56 Å². The van der Waals surface area contributed by atoms with Crippen LogP contribution in [0.3, 0.4) is 0 Å². The molecule has 1 aliphatic heterocycles. The van der Waals surface area contributed by atoms with Gasteiger partial charge in [0.15, 0.2) is 11.5 Å². The average Bonchev–Trinajstić information content (AvgIpc) is 2.83. The quantitative estimate of drug-likeness (QED) is 0.351. The molecule has 1 heterocycles. The highest BCUT2D eigenvalue weighted by molar-refractivity contribution is 9.10. The molecule has 0 radical (unpaired) electrons. The molecule has 10 heteroatoms. The zero-order valence-corrected chi connectivity index (χ0v) is 19.8. The van der Waals surface area contributed by atoms with E-state index in [2.05, 4.69) is 21.2 Å². The van der Waals surface area contributed by atoms with Crippen molar-refractivity contribution in [1.82, 2.24) is 5.32 Å². The molecule has 0 bridgehead atoms. The summed E-state index contributed by atoms with van der Waals surface area (Å²) in [4.78, 5) is 38.6. The molecular weight excluding hydrogens is 523 g/mol. The van der Waals surface area contributed by atoms with E-state index in [4.69, 9.17) is 9.47 Å². The molecule has 4 rings (SSSR count). The summed E-state index contributed by atoms with van der Waals surface area (Å²) in [6.45, 7) is -0.0489. The Morgan fingerprint density at radius 3 is 2.49 bits per heavy atom. The second kappa shape index (κ2) is 9.98. The third-order valence-corrected chi connectivity index (χ3v) is 5.69. The lowest BCUT2D eigenvalue weighted by atomic mass is 10.1. The van der Waals surface area contributed by atoms with Crippen molar-refractivity contribution in [3.05, 3.63) is 87.7 Å². The van der Waals surface area contributed by atoms with Crippen LogP contribution in [0.25, 0.3) is 6.08 Å². The number of phenols is 1. The van der Waals surface area contributed by atoms with E-state index in [1.165, 1.54) is 49.6 Å². The average molecular weight is 541 g/mol. The number of halogens is 2. The fourth-order valence-corrected chi connectivity index (χ4v) is 3.96. The minimum absolute atomic E-state index is 0.0419. The predicted octanol–water partition coefficient (Wildman–Crippen LogP) is 4.55. The van der Waals surface area contributed by atoms with Crippen LogP contribution in [0, 0.1) is 5.82 Å². The van der Waals surface area contributed by atoms with Crippen LogP contribution in [-0.2, 0) is 16.2 Å². The Morgan fingerprint density at radius 2 is 1.80 bits per heavy atom. The van der Waals surface area contributed by atoms with Gasteiger partial charge >= 0.3 is 6.03 Å². The highest BCUT2D eigenvalue weighted by Gasteiger charge is 2.36. The van der Waals surface area contributed by atoms with Gasteiger partial charge in [0.25, 0.3) is 11.8 Å². The van der Waals surface area contributed by atoms with E-state index in [1.54, 1.807) is 24.3 Å². The largest absolute Gasteiger partial charge is 0.508 e. The molecule has 1 aliphatic rings. The van der Waals surface area contributed by atoms with Crippen molar-refractivity contribution in [3.8, 4) is 17.2 Å². The van der Waals surface area contributed by atoms with Crippen LogP contribution in [-0.4, -0.2) is 30.1 Å². The van der Waals surface area contributed by atoms with Crippen molar-refractivity contribution in [1.29, 1.82) is 0 Å². The van der Waals surface area contributed by atoms with E-state index in [1.807, 2.05) is 0 Å². The molecular formula is C25H18BrFN2O6. The number of aromatic hydroxyl groups is 1. The highest BCUT2D eigenvalue weighted by Crippen LogP contribution is 2.38. The summed E-state index contributed by atoms with van der Waals surface area (Å²) < 4.78 is 25.5. The Bertz CT molecular complexity index is 1360. The van der Waals surface area contributed by atoms with E-state index in [0.717, 1.165) is 4.90 Å². The van der Waals surface area contributed by atoms with Gasteiger partial charge in [-0.05, 0) is 70.0 Å². The maximum atomic E-state index is 13.9. The third-order valence-electron chi connectivity index (χ3n) is 5.10. The van der Waals surface area contributed by atoms with Gasteiger partial charge in [-0.15, -0.1) is 0 Å². The number of nitrogens with one attached hydrogen (secondary N) is 1. The maximum Gasteiger partial charge on any atom is 0.335 e. The number of hydrogen-bond acceptors (Lipinski definition) is 6. The number of urea groups is 1. The zero-order valence-electron chi connectivity index (χ0n) is 18.2. The SMILES string of the molecule is COc1cc(/C=C2\C(=O)NC(=O)N(c3ccc(O)cc3)C2=O)cc(Br)c1OCc1ccccc1F. The lowest BCUT2D eigenvalue weighted by Crippen LogP contribution is -2.54. The molecule has 8 nitrogen and oxygen atoms in total. The van der Waals surface area contributed by atoms with Crippen LogP contribution in [0.15, 0.2) is 70.7 Å². The number of ether oxygens (including phenoxy) is 2. The second-order valence-corrected chi connectivity index (χ2v) is 8.24. The van der Waals surface area contributed by atoms with Crippen LogP contribution >= 0.6 is 15.9 Å². The molecule has 0 unspecified atom stereocenters. The van der Waals surface area contributed by atoms with Crippen molar-refractivity contribution in [3.63, 3.8) is 0 Å². The topological polar surface area (TPSA) is 105 Å².